The zero-order valence-corrected chi connectivity index (χ0v) is 26.7. The maximum absolute atomic E-state index is 13.5. The van der Waals surface area contributed by atoms with E-state index in [9.17, 15) is 18.4 Å². The Balaban J connectivity index is 0.000000482. The summed E-state index contributed by atoms with van der Waals surface area (Å²) in [7, 11) is 1.48. The smallest absolute Gasteiger partial charge is 0.297 e. The number of guanidine groups is 1. The Labute approximate surface area is 265 Å². The van der Waals surface area contributed by atoms with Crippen molar-refractivity contribution in [1.82, 2.24) is 34.6 Å². The minimum Gasteiger partial charge on any atom is -0.382 e. The Bertz CT molecular complexity index is 1610. The molecule has 1 aliphatic rings. The van der Waals surface area contributed by atoms with Gasteiger partial charge in [0.05, 0.1) is 28.9 Å². The molecule has 15 heteroatoms. The van der Waals surface area contributed by atoms with Crippen LogP contribution in [0.25, 0.3) is 11.2 Å². The van der Waals surface area contributed by atoms with Gasteiger partial charge in [0.1, 0.15) is 6.33 Å². The van der Waals surface area contributed by atoms with Crippen LogP contribution in [0.5, 0.6) is 0 Å². The second-order valence-electron chi connectivity index (χ2n) is 11.4. The van der Waals surface area contributed by atoms with Crippen molar-refractivity contribution in [2.75, 3.05) is 20.3 Å². The molecule has 1 aliphatic heterocycles. The van der Waals surface area contributed by atoms with E-state index in [0.717, 1.165) is 23.1 Å². The second-order valence-corrected chi connectivity index (χ2v) is 11.9. The molecule has 3 N–H and O–H groups in total. The van der Waals surface area contributed by atoms with Gasteiger partial charge in [-0.1, -0.05) is 45.4 Å². The number of aliphatic imine (C=N–C) groups is 1. The number of methoxy groups -OCH3 is 1. The molecule has 45 heavy (non-hydrogen) atoms. The third kappa shape index (κ3) is 9.05. The van der Waals surface area contributed by atoms with Crippen LogP contribution in [0.1, 0.15) is 70.1 Å². The molecule has 1 aromatic carbocycles. The summed E-state index contributed by atoms with van der Waals surface area (Å²) in [6.45, 7) is 11.4. The van der Waals surface area contributed by atoms with E-state index in [1.54, 1.807) is 35.1 Å². The predicted octanol–water partition coefficient (Wildman–Crippen LogP) is 4.90. The van der Waals surface area contributed by atoms with Crippen molar-refractivity contribution in [1.29, 1.82) is 0 Å². The highest BCUT2D eigenvalue weighted by atomic mass is 35.5. The third-order valence-corrected chi connectivity index (χ3v) is 6.31. The summed E-state index contributed by atoms with van der Waals surface area (Å²) in [5.74, 6) is -0.888. The van der Waals surface area contributed by atoms with Crippen molar-refractivity contribution in [2.24, 2.45) is 16.1 Å². The minimum atomic E-state index is -2.86. The van der Waals surface area contributed by atoms with Crippen molar-refractivity contribution < 1.29 is 23.1 Å². The Morgan fingerprint density at radius 2 is 1.87 bits per heavy atom. The second kappa shape index (κ2) is 15.5. The van der Waals surface area contributed by atoms with Crippen LogP contribution in [0, 0.1) is 5.41 Å². The molecule has 4 heterocycles. The number of rotatable bonds is 9. The maximum Gasteiger partial charge on any atom is 0.297 e. The molecule has 0 saturated carbocycles. The molecule has 0 bridgehead atoms. The quantitative estimate of drug-likeness (QED) is 0.246. The van der Waals surface area contributed by atoms with E-state index in [1.165, 1.54) is 18.1 Å². The Morgan fingerprint density at radius 3 is 2.47 bits per heavy atom. The molecule has 0 fully saturated rings. The number of halogens is 3. The lowest BCUT2D eigenvalue weighted by Crippen LogP contribution is -2.42. The summed E-state index contributed by atoms with van der Waals surface area (Å²) in [5, 5.41) is 10.7. The molecule has 2 amide bonds. The predicted molar refractivity (Wildman–Crippen MR) is 167 cm³/mol. The summed E-state index contributed by atoms with van der Waals surface area (Å²) in [4.78, 5) is 32.2. The van der Waals surface area contributed by atoms with Gasteiger partial charge in [-0.2, -0.15) is 10.2 Å². The van der Waals surface area contributed by atoms with Crippen LogP contribution in [0.2, 0.25) is 5.02 Å². The number of pyridine rings is 1. The van der Waals surface area contributed by atoms with E-state index in [1.807, 2.05) is 19.1 Å². The van der Waals surface area contributed by atoms with Crippen LogP contribution >= 0.6 is 11.6 Å². The highest BCUT2D eigenvalue weighted by Gasteiger charge is 2.39. The molecule has 2 unspecified atom stereocenters. The molecule has 0 saturated heterocycles. The molecule has 5 rings (SSSR count). The maximum atomic E-state index is 13.5. The topological polar surface area (TPSA) is 145 Å². The van der Waals surface area contributed by atoms with Crippen molar-refractivity contribution in [2.45, 2.75) is 53.1 Å². The van der Waals surface area contributed by atoms with E-state index in [-0.39, 0.29) is 29.2 Å². The Hall–Kier alpha value is -4.43. The lowest BCUT2D eigenvalue weighted by Gasteiger charge is -2.28. The van der Waals surface area contributed by atoms with Crippen LogP contribution in [0.3, 0.4) is 0 Å². The summed E-state index contributed by atoms with van der Waals surface area (Å²) in [6.07, 6.45) is 2.24. The van der Waals surface area contributed by atoms with Gasteiger partial charge < -0.3 is 15.8 Å². The minimum absolute atomic E-state index is 0.0148. The Kier molecular flexibility index (Phi) is 12.1. The molecule has 4 aromatic rings. The van der Waals surface area contributed by atoms with Crippen LogP contribution in [0.4, 0.5) is 8.78 Å². The van der Waals surface area contributed by atoms with E-state index in [4.69, 9.17) is 22.1 Å². The highest BCUT2D eigenvalue weighted by molar-refractivity contribution is 6.32. The first-order chi connectivity index (χ1) is 21.3. The number of fused-ring (bicyclic) bond motifs is 1. The molecule has 0 radical (unpaired) electrons. The fourth-order valence-corrected chi connectivity index (χ4v) is 4.38. The van der Waals surface area contributed by atoms with Gasteiger partial charge in [-0.3, -0.25) is 14.5 Å². The average Bonchev–Trinajstić information content (AvgIpc) is 3.71. The van der Waals surface area contributed by atoms with Crippen molar-refractivity contribution in [3.63, 3.8) is 0 Å². The van der Waals surface area contributed by atoms with Gasteiger partial charge in [0.2, 0.25) is 6.41 Å². The van der Waals surface area contributed by atoms with Gasteiger partial charge in [-0.15, -0.1) is 0 Å². The average molecular weight is 646 g/mol. The molecule has 3 aromatic heterocycles. The summed E-state index contributed by atoms with van der Waals surface area (Å²) in [6, 6.07) is 8.60. The van der Waals surface area contributed by atoms with Gasteiger partial charge in [0.25, 0.3) is 12.3 Å². The van der Waals surface area contributed by atoms with Gasteiger partial charge in [-0.05, 0) is 53.8 Å². The molecule has 12 nitrogen and oxygen atoms in total. The van der Waals surface area contributed by atoms with Gasteiger partial charge in [0.15, 0.2) is 17.8 Å². The molecular formula is C30H38ClF2N9O3. The van der Waals surface area contributed by atoms with E-state index < -0.39 is 24.3 Å². The molecular weight excluding hydrogens is 608 g/mol. The lowest BCUT2D eigenvalue weighted by molar-refractivity contribution is -0.130. The number of hydrogen-bond donors (Lipinski definition) is 2. The van der Waals surface area contributed by atoms with Gasteiger partial charge in [-0.25, -0.2) is 28.0 Å². The number of nitrogens with one attached hydrogen (secondary N) is 1. The van der Waals surface area contributed by atoms with E-state index in [0.29, 0.717) is 23.0 Å². The number of carbonyl (C=O) groups is 2. The van der Waals surface area contributed by atoms with Gasteiger partial charge in [0, 0.05) is 26.0 Å². The fraction of sp³-hybridized carbons (Fsp3) is 0.400. The van der Waals surface area contributed by atoms with Crippen LogP contribution in [-0.2, 0) is 14.3 Å². The zero-order valence-electron chi connectivity index (χ0n) is 26.0. The molecule has 0 aliphatic carbocycles. The number of ether oxygens (including phenoxy) is 1. The first-order valence-corrected chi connectivity index (χ1v) is 14.4. The molecule has 0 spiro atoms. The first kappa shape index (κ1) is 35.1. The van der Waals surface area contributed by atoms with Crippen molar-refractivity contribution in [3.8, 4) is 5.69 Å². The Morgan fingerprint density at radius 1 is 1.16 bits per heavy atom. The van der Waals surface area contributed by atoms with Crippen molar-refractivity contribution >= 4 is 35.4 Å². The number of alkyl halides is 2. The van der Waals surface area contributed by atoms with Gasteiger partial charge >= 0.3 is 0 Å². The number of nitrogens with zero attached hydrogens (tertiary/aromatic N) is 7. The lowest BCUT2D eigenvalue weighted by atomic mass is 10.0. The number of aromatic nitrogens is 5. The number of nitrogens with two attached hydrogens (primary N) is 1. The molecule has 242 valence electrons. The van der Waals surface area contributed by atoms with Crippen LogP contribution < -0.4 is 11.1 Å². The van der Waals surface area contributed by atoms with Crippen molar-refractivity contribution in [3.05, 3.63) is 77.1 Å². The largest absolute Gasteiger partial charge is 0.382 e. The summed E-state index contributed by atoms with van der Waals surface area (Å²) in [5.41, 5.74) is 8.90. The molecule has 2 atom stereocenters. The van der Waals surface area contributed by atoms with E-state index in [2.05, 4.69) is 53.2 Å². The number of benzene rings is 1. The van der Waals surface area contributed by atoms with E-state index >= 15 is 0 Å². The first-order valence-electron chi connectivity index (χ1n) is 14.0. The normalized spacial score (nSPS) is 15.2. The third-order valence-electron chi connectivity index (χ3n) is 6.00. The number of carbonyl (C=O) groups excluding carboxylic acids is 2. The SMILES string of the molecule is CC(C)(C)C.CCNC=O.COCC(c1ccc(Cl)c(-n2ncnc2C(F)F)c1)N1C(=O)C(c2ccn3nccc3c2)N=C1N. The standard InChI is InChI=1S/C22H19ClF2N8O2.C5H12.C3H7NO/c1-35-10-17(12-2-3-15(23)16(9-12)33-20(19(24)25)27-11-29-33)32-21(34)18(30-22(32)26)13-5-7-31-14(8-13)4-6-28-31;1-5(2,3)4;1-2-4-3-5/h2-9,11,17-19H,10H2,1H3,(H2,26,30);1-4H3;3H,2H2,1H3,(H,4,5). The monoisotopic (exact) mass is 645 g/mol. The fourth-order valence-electron chi connectivity index (χ4n) is 4.18. The number of amides is 2. The zero-order chi connectivity index (χ0) is 33.3. The van der Waals surface area contributed by atoms with Crippen LogP contribution in [-0.4, -0.2) is 67.8 Å². The highest BCUT2D eigenvalue weighted by Crippen LogP contribution is 2.35. The summed E-state index contributed by atoms with van der Waals surface area (Å²) < 4.78 is 34.8. The van der Waals surface area contributed by atoms with Crippen LogP contribution in [0.15, 0.2) is 60.1 Å². The summed E-state index contributed by atoms with van der Waals surface area (Å²) >= 11 is 6.30. The number of hydrogen-bond acceptors (Lipinski definition) is 8.